The highest BCUT2D eigenvalue weighted by Gasteiger charge is 2.21. The van der Waals surface area contributed by atoms with Gasteiger partial charge in [-0.2, -0.15) is 0 Å². The van der Waals surface area contributed by atoms with Gasteiger partial charge in [0.05, 0.1) is 13.5 Å². The molecule has 0 heterocycles. The Morgan fingerprint density at radius 2 is 1.57 bits per heavy atom. The molecule has 0 saturated carbocycles. The van der Waals surface area contributed by atoms with E-state index in [2.05, 4.69) is 0 Å². The molecule has 0 N–H and O–H groups in total. The number of nitrogens with zero attached hydrogens (tertiary/aromatic N) is 1. The van der Waals surface area contributed by atoms with Crippen molar-refractivity contribution in [1.29, 1.82) is 0 Å². The molecule has 0 aromatic carbocycles. The number of rotatable bonds is 7. The van der Waals surface area contributed by atoms with Crippen molar-refractivity contribution in [2.45, 2.75) is 67.0 Å². The van der Waals surface area contributed by atoms with Crippen molar-refractivity contribution in [3.05, 3.63) is 23.5 Å². The van der Waals surface area contributed by atoms with Crippen LogP contribution in [0.5, 0.6) is 0 Å². The third-order valence-electron chi connectivity index (χ3n) is 3.28. The molecular weight excluding hydrogens is 294 g/mol. The first-order chi connectivity index (χ1) is 10.6. The number of methoxy groups -OCH3 is 1. The fourth-order valence-corrected chi connectivity index (χ4v) is 2.31. The molecule has 5 nitrogen and oxygen atoms in total. The Hall–Kier alpha value is -1.78. The molecule has 0 aliphatic carbocycles. The smallest absolute Gasteiger partial charge is 0.415 e. The number of carbonyl (C=O) groups excluding carboxylic acids is 2. The molecule has 0 aliphatic rings. The summed E-state index contributed by atoms with van der Waals surface area (Å²) < 4.78 is 10.0. The molecule has 0 aliphatic heterocycles. The average Bonchev–Trinajstić information content (AvgIpc) is 2.41. The quantitative estimate of drug-likeness (QED) is 0.398. The molecule has 132 valence electrons. The van der Waals surface area contributed by atoms with E-state index in [1.165, 1.54) is 13.4 Å². The van der Waals surface area contributed by atoms with Crippen LogP contribution in [-0.2, 0) is 14.3 Å². The van der Waals surface area contributed by atoms with Gasteiger partial charge in [0.25, 0.3) is 0 Å². The SMILES string of the molecule is COC(=O)CC(=C/OC(=O)N(C(C)C)C(C)C)/C(C)=C/C(C)C. The number of amides is 1. The van der Waals surface area contributed by atoms with Crippen molar-refractivity contribution in [2.75, 3.05) is 7.11 Å². The summed E-state index contributed by atoms with van der Waals surface area (Å²) in [4.78, 5) is 25.5. The van der Waals surface area contributed by atoms with Crippen molar-refractivity contribution in [3.8, 4) is 0 Å². The zero-order valence-corrected chi connectivity index (χ0v) is 15.7. The van der Waals surface area contributed by atoms with Gasteiger partial charge >= 0.3 is 12.1 Å². The van der Waals surface area contributed by atoms with Gasteiger partial charge in [-0.1, -0.05) is 19.9 Å². The van der Waals surface area contributed by atoms with Gasteiger partial charge in [0.2, 0.25) is 0 Å². The molecule has 0 radical (unpaired) electrons. The topological polar surface area (TPSA) is 55.8 Å². The van der Waals surface area contributed by atoms with Crippen LogP contribution in [0.1, 0.15) is 54.9 Å². The first-order valence-electron chi connectivity index (χ1n) is 8.03. The number of hydrogen-bond donors (Lipinski definition) is 0. The normalized spacial score (nSPS) is 12.8. The second-order valence-electron chi connectivity index (χ2n) is 6.47. The third kappa shape index (κ3) is 7.86. The van der Waals surface area contributed by atoms with Crippen LogP contribution >= 0.6 is 0 Å². The van der Waals surface area contributed by atoms with Crippen LogP contribution in [0.25, 0.3) is 0 Å². The molecule has 0 spiro atoms. The Kier molecular flexibility index (Phi) is 9.30. The van der Waals surface area contributed by atoms with Crippen LogP contribution in [0.3, 0.4) is 0 Å². The minimum Gasteiger partial charge on any atom is -0.469 e. The summed E-state index contributed by atoms with van der Waals surface area (Å²) in [5.41, 5.74) is 1.55. The largest absolute Gasteiger partial charge is 0.469 e. The van der Waals surface area contributed by atoms with Gasteiger partial charge < -0.3 is 14.4 Å². The molecule has 0 rings (SSSR count). The predicted molar refractivity (Wildman–Crippen MR) is 91.9 cm³/mol. The molecule has 0 unspecified atom stereocenters. The van der Waals surface area contributed by atoms with Gasteiger partial charge in [0.1, 0.15) is 6.26 Å². The first-order valence-corrected chi connectivity index (χ1v) is 8.03. The monoisotopic (exact) mass is 325 g/mol. The van der Waals surface area contributed by atoms with Gasteiger partial charge in [-0.25, -0.2) is 4.79 Å². The van der Waals surface area contributed by atoms with E-state index in [9.17, 15) is 9.59 Å². The second kappa shape index (κ2) is 10.1. The Labute approximate surface area is 140 Å². The van der Waals surface area contributed by atoms with Crippen LogP contribution in [0.4, 0.5) is 4.79 Å². The summed E-state index contributed by atoms with van der Waals surface area (Å²) in [7, 11) is 1.34. The Bertz CT molecular complexity index is 454. The molecule has 0 fully saturated rings. The van der Waals surface area contributed by atoms with Crippen LogP contribution in [0.2, 0.25) is 0 Å². The molecule has 1 amide bonds. The summed E-state index contributed by atoms with van der Waals surface area (Å²) in [5.74, 6) is -0.0389. The molecule has 5 heteroatoms. The van der Waals surface area contributed by atoms with Crippen LogP contribution in [0, 0.1) is 5.92 Å². The zero-order chi connectivity index (χ0) is 18.2. The summed E-state index contributed by atoms with van der Waals surface area (Å²) >= 11 is 0. The Morgan fingerprint density at radius 3 is 1.96 bits per heavy atom. The minimum absolute atomic E-state index is 0.0345. The van der Waals surface area contributed by atoms with Crippen LogP contribution in [-0.4, -0.2) is 36.2 Å². The fourth-order valence-electron chi connectivity index (χ4n) is 2.31. The van der Waals surface area contributed by atoms with Crippen molar-refractivity contribution in [2.24, 2.45) is 5.92 Å². The maximum Gasteiger partial charge on any atom is 0.415 e. The zero-order valence-electron chi connectivity index (χ0n) is 15.7. The Morgan fingerprint density at radius 1 is 1.04 bits per heavy atom. The fraction of sp³-hybridized carbons (Fsp3) is 0.667. The first kappa shape index (κ1) is 21.2. The van der Waals surface area contributed by atoms with Gasteiger partial charge in [-0.05, 0) is 46.1 Å². The standard InChI is InChI=1S/C18H31NO4/c1-12(2)9-15(7)16(10-17(20)22-8)11-23-18(21)19(13(3)4)14(5)6/h9,11-14H,10H2,1-8H3/b15-9+,16-11-. The average molecular weight is 325 g/mol. The lowest BCUT2D eigenvalue weighted by molar-refractivity contribution is -0.139. The van der Waals surface area contributed by atoms with E-state index in [-0.39, 0.29) is 24.5 Å². The van der Waals surface area contributed by atoms with E-state index in [0.29, 0.717) is 11.5 Å². The second-order valence-corrected chi connectivity index (χ2v) is 6.47. The van der Waals surface area contributed by atoms with E-state index >= 15 is 0 Å². The van der Waals surface area contributed by atoms with E-state index < -0.39 is 6.09 Å². The number of hydrogen-bond acceptors (Lipinski definition) is 4. The van der Waals surface area contributed by atoms with E-state index in [1.807, 2.05) is 54.5 Å². The molecule has 0 saturated heterocycles. The van der Waals surface area contributed by atoms with Gasteiger partial charge in [-0.3, -0.25) is 4.79 Å². The van der Waals surface area contributed by atoms with Gasteiger partial charge in [0.15, 0.2) is 0 Å². The van der Waals surface area contributed by atoms with Crippen LogP contribution in [0.15, 0.2) is 23.5 Å². The predicted octanol–water partition coefficient (Wildman–Crippen LogP) is 4.29. The van der Waals surface area contributed by atoms with Crippen molar-refractivity contribution in [3.63, 3.8) is 0 Å². The summed E-state index contributed by atoms with van der Waals surface area (Å²) in [5, 5.41) is 0. The molecule has 23 heavy (non-hydrogen) atoms. The van der Waals surface area contributed by atoms with Crippen LogP contribution < -0.4 is 0 Å². The Balaban J connectivity index is 5.28. The maximum atomic E-state index is 12.3. The molecule has 0 aromatic heterocycles. The molecule has 0 bridgehead atoms. The minimum atomic E-state index is -0.422. The summed E-state index contributed by atoms with van der Waals surface area (Å²) in [6.07, 6.45) is 3.04. The highest BCUT2D eigenvalue weighted by atomic mass is 16.5. The maximum absolute atomic E-state index is 12.3. The van der Waals surface area contributed by atoms with Gasteiger partial charge in [0, 0.05) is 17.7 Å². The number of carbonyl (C=O) groups is 2. The highest BCUT2D eigenvalue weighted by molar-refractivity contribution is 5.74. The lowest BCUT2D eigenvalue weighted by Gasteiger charge is -2.29. The molecule has 0 aromatic rings. The summed E-state index contributed by atoms with van der Waals surface area (Å²) in [6.45, 7) is 13.7. The lowest BCUT2D eigenvalue weighted by Crippen LogP contribution is -2.41. The van der Waals surface area contributed by atoms with E-state index in [4.69, 9.17) is 9.47 Å². The number of allylic oxidation sites excluding steroid dienone is 2. The van der Waals surface area contributed by atoms with Gasteiger partial charge in [-0.15, -0.1) is 0 Å². The highest BCUT2D eigenvalue weighted by Crippen LogP contribution is 2.18. The van der Waals surface area contributed by atoms with Crippen molar-refractivity contribution < 1.29 is 19.1 Å². The van der Waals surface area contributed by atoms with E-state index in [1.54, 1.807) is 4.90 Å². The third-order valence-corrected chi connectivity index (χ3v) is 3.28. The van der Waals surface area contributed by atoms with Crippen molar-refractivity contribution >= 4 is 12.1 Å². The van der Waals surface area contributed by atoms with Crippen molar-refractivity contribution in [1.82, 2.24) is 4.90 Å². The lowest BCUT2D eigenvalue weighted by atomic mass is 10.0. The summed E-state index contributed by atoms with van der Waals surface area (Å²) in [6, 6.07) is 0.0690. The van der Waals surface area contributed by atoms with E-state index in [0.717, 1.165) is 5.57 Å². The number of ether oxygens (including phenoxy) is 2. The number of esters is 1. The molecule has 0 atom stereocenters. The molecular formula is C18H31NO4.